The lowest BCUT2D eigenvalue weighted by molar-refractivity contribution is -0.384. The number of nitro groups is 1. The molecule has 4 aromatic rings. The van der Waals surface area contributed by atoms with E-state index in [9.17, 15) is 23.3 Å². The Balaban J connectivity index is 1.14. The molecular formula is C29H28N4O5S2. The topological polar surface area (TPSA) is 122 Å². The van der Waals surface area contributed by atoms with Gasteiger partial charge in [-0.2, -0.15) is 4.31 Å². The number of piperidine rings is 1. The van der Waals surface area contributed by atoms with Gasteiger partial charge in [0.15, 0.2) is 0 Å². The molecule has 0 bridgehead atoms. The molecule has 1 aliphatic rings. The van der Waals surface area contributed by atoms with Crippen molar-refractivity contribution in [2.45, 2.75) is 29.6 Å². The first kappa shape index (κ1) is 27.5. The van der Waals surface area contributed by atoms with E-state index in [0.717, 1.165) is 28.2 Å². The van der Waals surface area contributed by atoms with Crippen LogP contribution in [-0.4, -0.2) is 42.7 Å². The van der Waals surface area contributed by atoms with Gasteiger partial charge in [-0.3, -0.25) is 14.9 Å². The molecule has 3 aromatic carbocycles. The first-order chi connectivity index (χ1) is 19.3. The van der Waals surface area contributed by atoms with E-state index in [1.165, 1.54) is 28.6 Å². The number of hydrogen-bond acceptors (Lipinski definition) is 7. The van der Waals surface area contributed by atoms with Gasteiger partial charge in [0.2, 0.25) is 0 Å². The molecule has 0 saturated carbocycles. The van der Waals surface area contributed by atoms with Crippen LogP contribution in [0.15, 0.2) is 95.2 Å². The largest absolute Gasteiger partial charge is 0.382 e. The van der Waals surface area contributed by atoms with Crippen LogP contribution in [0.25, 0.3) is 11.1 Å². The van der Waals surface area contributed by atoms with Gasteiger partial charge in [-0.05, 0) is 60.4 Å². The summed E-state index contributed by atoms with van der Waals surface area (Å²) in [6, 6.07) is 27.2. The lowest BCUT2D eigenvalue weighted by atomic mass is 10.0. The van der Waals surface area contributed by atoms with Crippen LogP contribution < -0.4 is 10.6 Å². The molecule has 0 atom stereocenters. The minimum Gasteiger partial charge on any atom is -0.382 e. The zero-order valence-corrected chi connectivity index (χ0v) is 23.2. The van der Waals surface area contributed by atoms with Crippen LogP contribution in [0.5, 0.6) is 0 Å². The van der Waals surface area contributed by atoms with Crippen LogP contribution in [0.3, 0.4) is 0 Å². The second kappa shape index (κ2) is 12.0. The number of nitrogens with zero attached hydrogens (tertiary/aromatic N) is 2. The molecule has 1 fully saturated rings. The van der Waals surface area contributed by atoms with Crippen molar-refractivity contribution in [2.24, 2.45) is 0 Å². The number of amides is 1. The summed E-state index contributed by atoms with van der Waals surface area (Å²) < 4.78 is 28.3. The number of hydrogen-bond donors (Lipinski definition) is 2. The molecule has 40 heavy (non-hydrogen) atoms. The fraction of sp³-hybridized carbons (Fsp3) is 0.207. The third kappa shape index (κ3) is 6.39. The van der Waals surface area contributed by atoms with Gasteiger partial charge in [-0.25, -0.2) is 8.42 Å². The second-order valence-corrected chi connectivity index (χ2v) is 12.8. The molecule has 0 radical (unpaired) electrons. The number of nitro benzene ring substituents is 1. The lowest BCUT2D eigenvalue weighted by Gasteiger charge is -2.31. The smallest absolute Gasteiger partial charge is 0.269 e. The van der Waals surface area contributed by atoms with Gasteiger partial charge in [0, 0.05) is 47.4 Å². The number of anilines is 1. The monoisotopic (exact) mass is 576 g/mol. The van der Waals surface area contributed by atoms with Crippen molar-refractivity contribution in [3.63, 3.8) is 0 Å². The van der Waals surface area contributed by atoms with E-state index in [1.54, 1.807) is 12.1 Å². The Morgan fingerprint density at radius 1 is 0.925 bits per heavy atom. The molecule has 0 spiro atoms. The third-order valence-electron chi connectivity index (χ3n) is 6.79. The van der Waals surface area contributed by atoms with E-state index in [4.69, 9.17) is 0 Å². The Hall–Kier alpha value is -4.06. The van der Waals surface area contributed by atoms with E-state index in [0.29, 0.717) is 36.4 Å². The summed E-state index contributed by atoms with van der Waals surface area (Å²) in [5.41, 5.74) is 3.48. The fourth-order valence-corrected chi connectivity index (χ4v) is 7.54. The summed E-state index contributed by atoms with van der Waals surface area (Å²) in [6.45, 7) is 0.995. The molecule has 206 valence electrons. The molecule has 9 nitrogen and oxygen atoms in total. The molecule has 0 aliphatic carbocycles. The van der Waals surface area contributed by atoms with E-state index in [2.05, 4.69) is 34.9 Å². The minimum atomic E-state index is -3.64. The summed E-state index contributed by atoms with van der Waals surface area (Å²) >= 11 is 1.13. The summed E-state index contributed by atoms with van der Waals surface area (Å²) in [5, 5.41) is 17.1. The zero-order valence-electron chi connectivity index (χ0n) is 21.5. The number of nitrogens with one attached hydrogen (secondary N) is 2. The fourth-order valence-electron chi connectivity index (χ4n) is 4.62. The highest BCUT2D eigenvalue weighted by molar-refractivity contribution is 7.91. The third-order valence-corrected chi connectivity index (χ3v) is 10.2. The Bertz CT molecular complexity index is 1600. The average molecular weight is 577 g/mol. The van der Waals surface area contributed by atoms with Crippen LogP contribution in [0.1, 0.15) is 28.1 Å². The SMILES string of the molecule is O=C(NCc1ccc(S(=O)(=O)N2CCC(Nc3cccc(-c4ccccc4)c3)CC2)s1)c1ccc([N+](=O)[O-])cc1. The number of carbonyl (C=O) groups is 1. The Morgan fingerprint density at radius 2 is 1.62 bits per heavy atom. The van der Waals surface area contributed by atoms with Crippen molar-refractivity contribution in [2.75, 3.05) is 18.4 Å². The van der Waals surface area contributed by atoms with E-state index in [-0.39, 0.29) is 22.5 Å². The summed E-state index contributed by atoms with van der Waals surface area (Å²) in [7, 11) is -3.64. The van der Waals surface area contributed by atoms with E-state index < -0.39 is 20.9 Å². The summed E-state index contributed by atoms with van der Waals surface area (Å²) in [6.07, 6.45) is 1.39. The predicted molar refractivity (Wildman–Crippen MR) is 156 cm³/mol. The molecule has 11 heteroatoms. The molecule has 1 amide bonds. The second-order valence-electron chi connectivity index (χ2n) is 9.48. The van der Waals surface area contributed by atoms with Crippen LogP contribution in [0.4, 0.5) is 11.4 Å². The first-order valence-electron chi connectivity index (χ1n) is 12.8. The van der Waals surface area contributed by atoms with Gasteiger partial charge in [-0.1, -0.05) is 42.5 Å². The molecule has 5 rings (SSSR count). The number of rotatable bonds is 9. The van der Waals surface area contributed by atoms with Gasteiger partial charge >= 0.3 is 0 Å². The normalized spacial score (nSPS) is 14.5. The quantitative estimate of drug-likeness (QED) is 0.200. The number of carbonyl (C=O) groups excluding carboxylic acids is 1. The highest BCUT2D eigenvalue weighted by Gasteiger charge is 2.30. The maximum absolute atomic E-state index is 13.3. The van der Waals surface area contributed by atoms with Crippen molar-refractivity contribution >= 4 is 38.6 Å². The van der Waals surface area contributed by atoms with Gasteiger partial charge in [0.05, 0.1) is 11.5 Å². The molecule has 1 saturated heterocycles. The lowest BCUT2D eigenvalue weighted by Crippen LogP contribution is -2.42. The maximum Gasteiger partial charge on any atom is 0.269 e. The number of non-ortho nitro benzene ring substituents is 1. The Kier molecular flexibility index (Phi) is 8.24. The molecule has 2 N–H and O–H groups in total. The molecular weight excluding hydrogens is 548 g/mol. The Labute approximate surface area is 236 Å². The van der Waals surface area contributed by atoms with Crippen LogP contribution in [0, 0.1) is 10.1 Å². The molecule has 1 aromatic heterocycles. The van der Waals surface area contributed by atoms with E-state index >= 15 is 0 Å². The van der Waals surface area contributed by atoms with Gasteiger partial charge in [-0.15, -0.1) is 11.3 Å². The zero-order chi connectivity index (χ0) is 28.1. The first-order valence-corrected chi connectivity index (χ1v) is 15.1. The van der Waals surface area contributed by atoms with Gasteiger partial charge < -0.3 is 10.6 Å². The number of thiophene rings is 1. The molecule has 0 unspecified atom stereocenters. The predicted octanol–water partition coefficient (Wildman–Crippen LogP) is 5.52. The number of benzene rings is 3. The van der Waals surface area contributed by atoms with Crippen LogP contribution in [-0.2, 0) is 16.6 Å². The Morgan fingerprint density at radius 3 is 2.33 bits per heavy atom. The minimum absolute atomic E-state index is 0.0956. The average Bonchev–Trinajstić information content (AvgIpc) is 3.47. The van der Waals surface area contributed by atoms with Crippen molar-refractivity contribution < 1.29 is 18.1 Å². The van der Waals surface area contributed by atoms with Crippen molar-refractivity contribution in [1.29, 1.82) is 0 Å². The van der Waals surface area contributed by atoms with Gasteiger partial charge in [0.25, 0.3) is 21.6 Å². The highest BCUT2D eigenvalue weighted by Crippen LogP contribution is 2.29. The van der Waals surface area contributed by atoms with Crippen LogP contribution in [0.2, 0.25) is 0 Å². The maximum atomic E-state index is 13.3. The van der Waals surface area contributed by atoms with Crippen molar-refractivity contribution in [3.05, 3.63) is 112 Å². The number of sulfonamides is 1. The standard InChI is InChI=1S/C29H28N4O5S2/c34-29(22-9-11-26(12-10-22)33(35)36)30-20-27-13-14-28(39-27)40(37,38)32-17-15-24(16-18-32)31-25-8-4-7-23(19-25)21-5-2-1-3-6-21/h1-14,19,24,31H,15-18,20H2,(H,30,34). The van der Waals surface area contributed by atoms with Crippen molar-refractivity contribution in [1.82, 2.24) is 9.62 Å². The summed E-state index contributed by atoms with van der Waals surface area (Å²) in [5.74, 6) is -0.392. The van der Waals surface area contributed by atoms with Crippen LogP contribution >= 0.6 is 11.3 Å². The summed E-state index contributed by atoms with van der Waals surface area (Å²) in [4.78, 5) is 23.4. The highest BCUT2D eigenvalue weighted by atomic mass is 32.2. The van der Waals surface area contributed by atoms with Gasteiger partial charge in [0.1, 0.15) is 4.21 Å². The molecule has 1 aliphatic heterocycles. The van der Waals surface area contributed by atoms with E-state index in [1.807, 2.05) is 30.3 Å². The molecule has 2 heterocycles. The van der Waals surface area contributed by atoms with Crippen molar-refractivity contribution in [3.8, 4) is 11.1 Å².